The van der Waals surface area contributed by atoms with Gasteiger partial charge < -0.3 is 9.47 Å². The molecule has 2 aromatic rings. The second kappa shape index (κ2) is 5.54. The third-order valence-corrected chi connectivity index (χ3v) is 2.64. The van der Waals surface area contributed by atoms with Crippen LogP contribution in [0.5, 0.6) is 5.75 Å². The minimum atomic E-state index is -0.341. The van der Waals surface area contributed by atoms with E-state index >= 15 is 0 Å². The molecule has 0 saturated carbocycles. The van der Waals surface area contributed by atoms with Crippen molar-refractivity contribution in [3.05, 3.63) is 42.0 Å². The zero-order valence-corrected chi connectivity index (χ0v) is 10.6. The fraction of sp³-hybridized carbons (Fsp3) is 0.267. The first-order chi connectivity index (χ1) is 8.76. The van der Waals surface area contributed by atoms with Gasteiger partial charge in [-0.25, -0.2) is 4.79 Å². The Hall–Kier alpha value is -2.03. The van der Waals surface area contributed by atoms with Crippen molar-refractivity contribution >= 4 is 16.7 Å². The van der Waals surface area contributed by atoms with E-state index < -0.39 is 0 Å². The maximum absolute atomic E-state index is 11.9. The molecule has 0 aromatic heterocycles. The van der Waals surface area contributed by atoms with E-state index in [-0.39, 0.29) is 5.97 Å². The highest BCUT2D eigenvalue weighted by Gasteiger charge is 2.14. The first-order valence-corrected chi connectivity index (χ1v) is 6.09. The summed E-state index contributed by atoms with van der Waals surface area (Å²) in [4.78, 5) is 11.9. The number of esters is 1. The van der Waals surface area contributed by atoms with E-state index in [9.17, 15) is 4.79 Å². The second-order valence-electron chi connectivity index (χ2n) is 3.85. The molecule has 94 valence electrons. The third kappa shape index (κ3) is 2.45. The lowest BCUT2D eigenvalue weighted by Gasteiger charge is -2.11. The zero-order valence-electron chi connectivity index (χ0n) is 10.6. The Balaban J connectivity index is 2.53. The summed E-state index contributed by atoms with van der Waals surface area (Å²) >= 11 is 0. The maximum atomic E-state index is 11.9. The molecule has 0 N–H and O–H groups in total. The molecule has 0 radical (unpaired) electrons. The van der Waals surface area contributed by atoms with E-state index in [1.54, 1.807) is 6.92 Å². The van der Waals surface area contributed by atoms with Crippen molar-refractivity contribution in [1.29, 1.82) is 0 Å². The van der Waals surface area contributed by atoms with Gasteiger partial charge in [-0.15, -0.1) is 0 Å². The molecular weight excluding hydrogens is 228 g/mol. The summed E-state index contributed by atoms with van der Waals surface area (Å²) in [7, 11) is 0. The maximum Gasteiger partial charge on any atom is 0.341 e. The molecule has 0 fully saturated rings. The summed E-state index contributed by atoms with van der Waals surface area (Å²) in [5.74, 6) is 0.237. The minimum Gasteiger partial charge on any atom is -0.493 e. The molecule has 0 aliphatic rings. The molecule has 2 aromatic carbocycles. The second-order valence-corrected chi connectivity index (χ2v) is 3.85. The fourth-order valence-electron chi connectivity index (χ4n) is 1.86. The molecule has 0 atom stereocenters. The molecule has 0 heterocycles. The number of hydrogen-bond donors (Lipinski definition) is 0. The molecule has 0 aliphatic heterocycles. The van der Waals surface area contributed by atoms with E-state index in [4.69, 9.17) is 9.47 Å². The smallest absolute Gasteiger partial charge is 0.341 e. The van der Waals surface area contributed by atoms with E-state index in [1.807, 2.05) is 43.3 Å². The molecule has 0 spiro atoms. The predicted molar refractivity (Wildman–Crippen MR) is 71.1 cm³/mol. The first-order valence-electron chi connectivity index (χ1n) is 6.09. The third-order valence-electron chi connectivity index (χ3n) is 2.64. The molecule has 0 amide bonds. The van der Waals surface area contributed by atoms with E-state index in [0.717, 1.165) is 10.8 Å². The molecule has 3 heteroatoms. The molecule has 0 bridgehead atoms. The van der Waals surface area contributed by atoms with Crippen LogP contribution in [0.1, 0.15) is 24.2 Å². The molecule has 0 unspecified atom stereocenters. The lowest BCUT2D eigenvalue weighted by molar-refractivity contribution is 0.0522. The standard InChI is InChI=1S/C15H16O3/c1-3-17-14-10-12-8-6-5-7-11(12)9-13(14)15(16)18-4-2/h5-10H,3-4H2,1-2H3. The van der Waals surface area contributed by atoms with Crippen LogP contribution >= 0.6 is 0 Å². The highest BCUT2D eigenvalue weighted by atomic mass is 16.5. The van der Waals surface area contributed by atoms with Gasteiger partial charge >= 0.3 is 5.97 Å². The fourth-order valence-corrected chi connectivity index (χ4v) is 1.86. The Bertz CT molecular complexity index is 561. The van der Waals surface area contributed by atoms with Gasteiger partial charge in [0.1, 0.15) is 11.3 Å². The Morgan fingerprint density at radius 3 is 2.33 bits per heavy atom. The van der Waals surface area contributed by atoms with Gasteiger partial charge in [-0.1, -0.05) is 24.3 Å². The molecule has 0 aliphatic carbocycles. The number of ether oxygens (including phenoxy) is 2. The van der Waals surface area contributed by atoms with Crippen molar-refractivity contribution in [2.24, 2.45) is 0 Å². The summed E-state index contributed by atoms with van der Waals surface area (Å²) in [6, 6.07) is 11.6. The summed E-state index contributed by atoms with van der Waals surface area (Å²) < 4.78 is 10.6. The summed E-state index contributed by atoms with van der Waals surface area (Å²) in [6.07, 6.45) is 0. The van der Waals surface area contributed by atoms with Crippen molar-refractivity contribution in [1.82, 2.24) is 0 Å². The van der Waals surface area contributed by atoms with Crippen LogP contribution in [0.15, 0.2) is 36.4 Å². The van der Waals surface area contributed by atoms with Gasteiger partial charge in [0, 0.05) is 0 Å². The molecule has 2 rings (SSSR count). The van der Waals surface area contributed by atoms with Crippen LogP contribution in [-0.2, 0) is 4.74 Å². The monoisotopic (exact) mass is 244 g/mol. The van der Waals surface area contributed by atoms with Crippen molar-refractivity contribution in [2.45, 2.75) is 13.8 Å². The van der Waals surface area contributed by atoms with E-state index in [2.05, 4.69) is 0 Å². The number of carbonyl (C=O) groups is 1. The van der Waals surface area contributed by atoms with Gasteiger partial charge in [0.15, 0.2) is 0 Å². The Kier molecular flexibility index (Phi) is 3.82. The van der Waals surface area contributed by atoms with Gasteiger partial charge in [-0.3, -0.25) is 0 Å². The van der Waals surface area contributed by atoms with Crippen LogP contribution in [0.3, 0.4) is 0 Å². The van der Waals surface area contributed by atoms with Crippen molar-refractivity contribution in [3.8, 4) is 5.75 Å². The molecule has 0 saturated heterocycles. The van der Waals surface area contributed by atoms with E-state index in [0.29, 0.717) is 24.5 Å². The number of fused-ring (bicyclic) bond motifs is 1. The Morgan fingerprint density at radius 1 is 1.06 bits per heavy atom. The zero-order chi connectivity index (χ0) is 13.0. The predicted octanol–water partition coefficient (Wildman–Crippen LogP) is 3.42. The van der Waals surface area contributed by atoms with E-state index in [1.165, 1.54) is 0 Å². The molecular formula is C15H16O3. The average Bonchev–Trinajstić information content (AvgIpc) is 2.38. The van der Waals surface area contributed by atoms with Crippen LogP contribution in [0, 0.1) is 0 Å². The van der Waals surface area contributed by atoms with Crippen LogP contribution in [-0.4, -0.2) is 19.2 Å². The summed E-state index contributed by atoms with van der Waals surface area (Å²) in [5, 5.41) is 2.05. The quantitative estimate of drug-likeness (QED) is 0.773. The lowest BCUT2D eigenvalue weighted by Crippen LogP contribution is -2.07. The van der Waals surface area contributed by atoms with Crippen LogP contribution < -0.4 is 4.74 Å². The van der Waals surface area contributed by atoms with Gasteiger partial charge in [0.25, 0.3) is 0 Å². The first kappa shape index (κ1) is 12.4. The SMILES string of the molecule is CCOC(=O)c1cc2ccccc2cc1OCC. The number of hydrogen-bond acceptors (Lipinski definition) is 3. The summed E-state index contributed by atoms with van der Waals surface area (Å²) in [6.45, 7) is 4.56. The Labute approximate surface area is 106 Å². The highest BCUT2D eigenvalue weighted by Crippen LogP contribution is 2.26. The van der Waals surface area contributed by atoms with Crippen LogP contribution in [0.4, 0.5) is 0 Å². The lowest BCUT2D eigenvalue weighted by atomic mass is 10.1. The molecule has 3 nitrogen and oxygen atoms in total. The largest absolute Gasteiger partial charge is 0.493 e. The normalized spacial score (nSPS) is 10.3. The Morgan fingerprint density at radius 2 is 1.72 bits per heavy atom. The van der Waals surface area contributed by atoms with Crippen molar-refractivity contribution in [2.75, 3.05) is 13.2 Å². The molecule has 18 heavy (non-hydrogen) atoms. The van der Waals surface area contributed by atoms with Crippen molar-refractivity contribution < 1.29 is 14.3 Å². The minimum absolute atomic E-state index is 0.341. The number of carbonyl (C=O) groups excluding carboxylic acids is 1. The number of benzene rings is 2. The summed E-state index contributed by atoms with van der Waals surface area (Å²) in [5.41, 5.74) is 0.484. The topological polar surface area (TPSA) is 35.5 Å². The van der Waals surface area contributed by atoms with Crippen molar-refractivity contribution in [3.63, 3.8) is 0 Å². The van der Waals surface area contributed by atoms with Gasteiger partial charge in [0.2, 0.25) is 0 Å². The van der Waals surface area contributed by atoms with Gasteiger partial charge in [-0.05, 0) is 36.8 Å². The van der Waals surface area contributed by atoms with Crippen LogP contribution in [0.2, 0.25) is 0 Å². The average molecular weight is 244 g/mol. The number of rotatable bonds is 4. The van der Waals surface area contributed by atoms with Crippen LogP contribution in [0.25, 0.3) is 10.8 Å². The van der Waals surface area contributed by atoms with Gasteiger partial charge in [0.05, 0.1) is 13.2 Å². The highest BCUT2D eigenvalue weighted by molar-refractivity contribution is 5.98. The van der Waals surface area contributed by atoms with Gasteiger partial charge in [-0.2, -0.15) is 0 Å².